The summed E-state index contributed by atoms with van der Waals surface area (Å²) < 4.78 is 11.0. The fourth-order valence-corrected chi connectivity index (χ4v) is 2.69. The Kier molecular flexibility index (Phi) is 2.97. The zero-order chi connectivity index (χ0) is 12.5. The van der Waals surface area contributed by atoms with E-state index in [2.05, 4.69) is 10.1 Å². The molecule has 5 nitrogen and oxygen atoms in total. The van der Waals surface area contributed by atoms with Gasteiger partial charge in [0.1, 0.15) is 5.75 Å². The molecule has 0 radical (unpaired) electrons. The first-order valence-corrected chi connectivity index (χ1v) is 6.70. The number of hydrogen-bond donors (Lipinski definition) is 1. The second kappa shape index (κ2) is 4.62. The molecule has 2 atom stereocenters. The summed E-state index contributed by atoms with van der Waals surface area (Å²) in [5, 5.41) is 3.93. The van der Waals surface area contributed by atoms with E-state index in [1.165, 1.54) is 0 Å². The maximum absolute atomic E-state index is 5.86. The highest BCUT2D eigenvalue weighted by Gasteiger charge is 2.26. The molecule has 0 bridgehead atoms. The Bertz CT molecular complexity index is 556. The molecule has 2 N–H and O–H groups in total. The third-order valence-corrected chi connectivity index (χ3v) is 3.76. The lowest BCUT2D eigenvalue weighted by atomic mass is 10.3. The molecule has 1 aliphatic rings. The summed E-state index contributed by atoms with van der Waals surface area (Å²) in [6.45, 7) is 1.81. The molecule has 2 heterocycles. The van der Waals surface area contributed by atoms with Crippen molar-refractivity contribution in [3.63, 3.8) is 0 Å². The van der Waals surface area contributed by atoms with Crippen LogP contribution < -0.4 is 10.5 Å². The van der Waals surface area contributed by atoms with Crippen molar-refractivity contribution in [3.8, 4) is 5.75 Å². The topological polar surface area (TPSA) is 74.2 Å². The van der Waals surface area contributed by atoms with E-state index >= 15 is 0 Å². The number of thioether (sulfide) groups is 1. The Hall–Kier alpha value is -1.53. The number of benzene rings is 1. The highest BCUT2D eigenvalue weighted by atomic mass is 32.2. The maximum Gasteiger partial charge on any atom is 0.243 e. The van der Waals surface area contributed by atoms with Crippen molar-refractivity contribution in [2.24, 2.45) is 5.73 Å². The maximum atomic E-state index is 5.86. The van der Waals surface area contributed by atoms with Crippen LogP contribution in [0.4, 0.5) is 0 Å². The van der Waals surface area contributed by atoms with Gasteiger partial charge in [-0.1, -0.05) is 17.3 Å². The molecule has 2 aromatic rings. The Morgan fingerprint density at radius 2 is 2.28 bits per heavy atom. The second-order valence-electron chi connectivity index (χ2n) is 4.14. The lowest BCUT2D eigenvalue weighted by Crippen LogP contribution is -2.16. The molecule has 94 valence electrons. The average molecular weight is 263 g/mol. The molecule has 0 saturated heterocycles. The molecule has 1 aromatic heterocycles. The third kappa shape index (κ3) is 2.09. The standard InChI is InChI=1S/C12H13N3O2S/c1-7(13)12-14-11(15-17-12)9-6-18-10-5-3-2-4-8(10)16-9/h2-5,7,9H,6,13H2,1H3/t7-,9?/m1/s1. The van der Waals surface area contributed by atoms with Gasteiger partial charge in [-0.05, 0) is 19.1 Å². The Morgan fingerprint density at radius 1 is 1.44 bits per heavy atom. The van der Waals surface area contributed by atoms with Crippen LogP contribution in [0.15, 0.2) is 33.7 Å². The van der Waals surface area contributed by atoms with Gasteiger partial charge in [0.2, 0.25) is 11.7 Å². The van der Waals surface area contributed by atoms with Crippen molar-refractivity contribution in [1.29, 1.82) is 0 Å². The van der Waals surface area contributed by atoms with E-state index in [-0.39, 0.29) is 12.1 Å². The summed E-state index contributed by atoms with van der Waals surface area (Å²) in [5.41, 5.74) is 5.69. The zero-order valence-corrected chi connectivity index (χ0v) is 10.7. The highest BCUT2D eigenvalue weighted by molar-refractivity contribution is 7.99. The molecule has 6 heteroatoms. The molecule has 18 heavy (non-hydrogen) atoms. The van der Waals surface area contributed by atoms with E-state index in [1.54, 1.807) is 11.8 Å². The van der Waals surface area contributed by atoms with Gasteiger partial charge >= 0.3 is 0 Å². The largest absolute Gasteiger partial charge is 0.480 e. The summed E-state index contributed by atoms with van der Waals surface area (Å²) in [5.74, 6) is 2.64. The monoisotopic (exact) mass is 263 g/mol. The SMILES string of the molecule is C[C@@H](N)c1nc(C2CSc3ccccc3O2)no1. The number of nitrogens with two attached hydrogens (primary N) is 1. The highest BCUT2D eigenvalue weighted by Crippen LogP contribution is 2.39. The van der Waals surface area contributed by atoms with Crippen LogP contribution in [-0.4, -0.2) is 15.9 Å². The molecule has 1 unspecified atom stereocenters. The van der Waals surface area contributed by atoms with Gasteiger partial charge in [-0.15, -0.1) is 11.8 Å². The van der Waals surface area contributed by atoms with Gasteiger partial charge in [0.05, 0.1) is 6.04 Å². The van der Waals surface area contributed by atoms with Crippen LogP contribution >= 0.6 is 11.8 Å². The first kappa shape index (κ1) is 11.6. The van der Waals surface area contributed by atoms with Crippen LogP contribution in [0.2, 0.25) is 0 Å². The molecule has 0 fully saturated rings. The van der Waals surface area contributed by atoms with Gasteiger partial charge < -0.3 is 15.0 Å². The summed E-state index contributed by atoms with van der Waals surface area (Å²) in [7, 11) is 0. The van der Waals surface area contributed by atoms with Gasteiger partial charge in [-0.2, -0.15) is 4.98 Å². The Balaban J connectivity index is 1.83. The number of rotatable bonds is 2. The van der Waals surface area contributed by atoms with Gasteiger partial charge in [0, 0.05) is 10.6 Å². The Labute approximate surface area is 109 Å². The molecule has 1 aromatic carbocycles. The molecular formula is C12H13N3O2S. The van der Waals surface area contributed by atoms with E-state index in [0.717, 1.165) is 16.4 Å². The van der Waals surface area contributed by atoms with Crippen LogP contribution in [0.1, 0.15) is 30.8 Å². The van der Waals surface area contributed by atoms with Gasteiger partial charge in [0.15, 0.2) is 6.10 Å². The van der Waals surface area contributed by atoms with Crippen molar-refractivity contribution >= 4 is 11.8 Å². The predicted molar refractivity (Wildman–Crippen MR) is 67.4 cm³/mol. The van der Waals surface area contributed by atoms with Crippen molar-refractivity contribution in [3.05, 3.63) is 36.0 Å². The van der Waals surface area contributed by atoms with Crippen molar-refractivity contribution < 1.29 is 9.26 Å². The van der Waals surface area contributed by atoms with Crippen LogP contribution in [0.25, 0.3) is 0 Å². The number of aromatic nitrogens is 2. The smallest absolute Gasteiger partial charge is 0.243 e. The van der Waals surface area contributed by atoms with E-state index in [4.69, 9.17) is 15.0 Å². The first-order chi connectivity index (χ1) is 8.74. The van der Waals surface area contributed by atoms with Gasteiger partial charge in [0.25, 0.3) is 0 Å². The number of ether oxygens (including phenoxy) is 1. The van der Waals surface area contributed by atoms with Crippen molar-refractivity contribution in [1.82, 2.24) is 10.1 Å². The van der Waals surface area contributed by atoms with Crippen LogP contribution in [0.3, 0.4) is 0 Å². The lowest BCUT2D eigenvalue weighted by Gasteiger charge is -2.22. The van der Waals surface area contributed by atoms with E-state index in [9.17, 15) is 0 Å². The van der Waals surface area contributed by atoms with Gasteiger partial charge in [-0.3, -0.25) is 0 Å². The fourth-order valence-electron chi connectivity index (χ4n) is 1.71. The lowest BCUT2D eigenvalue weighted by molar-refractivity contribution is 0.205. The number of hydrogen-bond acceptors (Lipinski definition) is 6. The summed E-state index contributed by atoms with van der Waals surface area (Å²) in [4.78, 5) is 5.41. The van der Waals surface area contributed by atoms with Gasteiger partial charge in [-0.25, -0.2) is 0 Å². The van der Waals surface area contributed by atoms with E-state index < -0.39 is 0 Å². The molecular weight excluding hydrogens is 250 g/mol. The quantitative estimate of drug-likeness (QED) is 0.896. The van der Waals surface area contributed by atoms with Crippen LogP contribution in [-0.2, 0) is 0 Å². The third-order valence-electron chi connectivity index (χ3n) is 2.64. The second-order valence-corrected chi connectivity index (χ2v) is 5.21. The normalized spacial score (nSPS) is 20.0. The minimum atomic E-state index is -0.255. The summed E-state index contributed by atoms with van der Waals surface area (Å²) in [6.07, 6.45) is -0.179. The molecule has 0 amide bonds. The molecule has 1 aliphatic heterocycles. The zero-order valence-electron chi connectivity index (χ0n) is 9.87. The Morgan fingerprint density at radius 3 is 3.06 bits per heavy atom. The number of nitrogens with zero attached hydrogens (tertiary/aromatic N) is 2. The number of fused-ring (bicyclic) bond motifs is 1. The number of para-hydroxylation sites is 1. The fraction of sp³-hybridized carbons (Fsp3) is 0.333. The van der Waals surface area contributed by atoms with E-state index in [1.807, 2.05) is 31.2 Å². The minimum Gasteiger partial charge on any atom is -0.480 e. The van der Waals surface area contributed by atoms with Crippen molar-refractivity contribution in [2.45, 2.75) is 24.0 Å². The van der Waals surface area contributed by atoms with E-state index in [0.29, 0.717) is 11.7 Å². The molecule has 0 aliphatic carbocycles. The average Bonchev–Trinajstić information content (AvgIpc) is 2.88. The molecule has 0 spiro atoms. The van der Waals surface area contributed by atoms with Crippen LogP contribution in [0, 0.1) is 0 Å². The predicted octanol–water partition coefficient (Wildman–Crippen LogP) is 2.32. The van der Waals surface area contributed by atoms with Crippen molar-refractivity contribution in [2.75, 3.05) is 5.75 Å². The minimum absolute atomic E-state index is 0.179. The summed E-state index contributed by atoms with van der Waals surface area (Å²) in [6, 6.07) is 7.68. The molecule has 3 rings (SSSR count). The first-order valence-electron chi connectivity index (χ1n) is 5.71. The van der Waals surface area contributed by atoms with Crippen LogP contribution in [0.5, 0.6) is 5.75 Å². The molecule has 0 saturated carbocycles. The summed E-state index contributed by atoms with van der Waals surface area (Å²) >= 11 is 1.73.